The molecule has 0 saturated carbocycles. The van der Waals surface area contributed by atoms with Crippen molar-refractivity contribution in [1.82, 2.24) is 0 Å². The summed E-state index contributed by atoms with van der Waals surface area (Å²) in [5, 5.41) is 0. The molecule has 0 heterocycles. The summed E-state index contributed by atoms with van der Waals surface area (Å²) in [4.78, 5) is 2.30. The average Bonchev–Trinajstić information content (AvgIpc) is 2.37. The first-order valence-corrected chi connectivity index (χ1v) is 6.28. The van der Waals surface area contributed by atoms with Crippen LogP contribution in [0.2, 0.25) is 0 Å². The number of methoxy groups -OCH3 is 2. The Morgan fingerprint density at radius 3 is 2.50 bits per heavy atom. The fourth-order valence-corrected chi connectivity index (χ4v) is 1.92. The van der Waals surface area contributed by atoms with Crippen molar-refractivity contribution in [2.45, 2.75) is 13.3 Å². The maximum absolute atomic E-state index is 5.87. The lowest BCUT2D eigenvalue weighted by Crippen LogP contribution is -2.29. The van der Waals surface area contributed by atoms with Crippen LogP contribution in [0.25, 0.3) is 0 Å². The summed E-state index contributed by atoms with van der Waals surface area (Å²) in [6, 6.07) is 6.01. The fraction of sp³-hybridized carbons (Fsp3) is 0.571. The Kier molecular flexibility index (Phi) is 6.54. The zero-order chi connectivity index (χ0) is 13.4. The lowest BCUT2D eigenvalue weighted by Gasteiger charge is -2.26. The van der Waals surface area contributed by atoms with E-state index in [-0.39, 0.29) is 0 Å². The van der Waals surface area contributed by atoms with E-state index in [9.17, 15) is 0 Å². The van der Waals surface area contributed by atoms with Crippen molar-refractivity contribution < 1.29 is 9.47 Å². The highest BCUT2D eigenvalue weighted by Crippen LogP contribution is 2.23. The topological polar surface area (TPSA) is 47.7 Å². The molecule has 0 unspecified atom stereocenters. The van der Waals surface area contributed by atoms with E-state index in [1.165, 1.54) is 11.3 Å². The van der Waals surface area contributed by atoms with Crippen LogP contribution in [0, 0.1) is 6.92 Å². The molecule has 102 valence electrons. The van der Waals surface area contributed by atoms with Crippen molar-refractivity contribution in [2.75, 3.05) is 51.2 Å². The zero-order valence-electron chi connectivity index (χ0n) is 11.6. The van der Waals surface area contributed by atoms with Gasteiger partial charge in [-0.25, -0.2) is 0 Å². The Labute approximate surface area is 110 Å². The number of rotatable bonds is 8. The maximum Gasteiger partial charge on any atom is 0.0637 e. The van der Waals surface area contributed by atoms with Crippen molar-refractivity contribution in [2.24, 2.45) is 0 Å². The summed E-state index contributed by atoms with van der Waals surface area (Å²) in [5.41, 5.74) is 9.08. The van der Waals surface area contributed by atoms with Gasteiger partial charge in [0.15, 0.2) is 0 Å². The lowest BCUT2D eigenvalue weighted by atomic mass is 10.1. The van der Waals surface area contributed by atoms with Gasteiger partial charge in [0, 0.05) is 45.3 Å². The fourth-order valence-electron chi connectivity index (χ4n) is 1.92. The number of anilines is 2. The molecule has 0 saturated heterocycles. The number of aryl methyl sites for hydroxylation is 1. The van der Waals surface area contributed by atoms with Crippen molar-refractivity contribution in [3.63, 3.8) is 0 Å². The van der Waals surface area contributed by atoms with Gasteiger partial charge in [0.2, 0.25) is 0 Å². The smallest absolute Gasteiger partial charge is 0.0637 e. The quantitative estimate of drug-likeness (QED) is 0.568. The van der Waals surface area contributed by atoms with Crippen LogP contribution >= 0.6 is 0 Å². The van der Waals surface area contributed by atoms with Crippen LogP contribution in [0.4, 0.5) is 11.4 Å². The Morgan fingerprint density at radius 2 is 1.83 bits per heavy atom. The molecular weight excluding hydrogens is 228 g/mol. The Bertz CT molecular complexity index is 356. The first-order valence-electron chi connectivity index (χ1n) is 6.28. The van der Waals surface area contributed by atoms with E-state index in [0.717, 1.165) is 31.8 Å². The van der Waals surface area contributed by atoms with Crippen molar-refractivity contribution >= 4 is 11.4 Å². The summed E-state index contributed by atoms with van der Waals surface area (Å²) in [5.74, 6) is 0. The number of nitrogen functional groups attached to an aromatic ring is 1. The van der Waals surface area contributed by atoms with Crippen LogP contribution in [0.15, 0.2) is 18.2 Å². The second kappa shape index (κ2) is 7.95. The van der Waals surface area contributed by atoms with Gasteiger partial charge in [-0.2, -0.15) is 0 Å². The molecule has 0 radical (unpaired) electrons. The highest BCUT2D eigenvalue weighted by Gasteiger charge is 2.09. The van der Waals surface area contributed by atoms with Crippen LogP contribution in [-0.4, -0.2) is 40.5 Å². The highest BCUT2D eigenvalue weighted by molar-refractivity contribution is 5.60. The largest absolute Gasteiger partial charge is 0.399 e. The molecule has 2 N–H and O–H groups in total. The molecule has 0 aliphatic rings. The first kappa shape index (κ1) is 14.8. The summed E-state index contributed by atoms with van der Waals surface area (Å²) < 4.78 is 10.3. The van der Waals surface area contributed by atoms with Crippen LogP contribution in [-0.2, 0) is 9.47 Å². The molecule has 1 aromatic rings. The first-order chi connectivity index (χ1) is 8.69. The third-order valence-electron chi connectivity index (χ3n) is 2.92. The molecule has 0 atom stereocenters. The average molecular weight is 252 g/mol. The molecule has 18 heavy (non-hydrogen) atoms. The molecule has 1 aromatic carbocycles. The molecular formula is C14H24N2O2. The van der Waals surface area contributed by atoms with Crippen LogP contribution in [0.5, 0.6) is 0 Å². The van der Waals surface area contributed by atoms with E-state index < -0.39 is 0 Å². The molecule has 0 amide bonds. The van der Waals surface area contributed by atoms with E-state index >= 15 is 0 Å². The number of hydrogen-bond donors (Lipinski definition) is 1. The van der Waals surface area contributed by atoms with E-state index in [4.69, 9.17) is 15.2 Å². The predicted molar refractivity (Wildman–Crippen MR) is 76.2 cm³/mol. The third kappa shape index (κ3) is 4.55. The van der Waals surface area contributed by atoms with Gasteiger partial charge in [-0.3, -0.25) is 0 Å². The molecule has 0 bridgehead atoms. The normalized spacial score (nSPS) is 10.6. The third-order valence-corrected chi connectivity index (χ3v) is 2.92. The molecule has 0 aliphatic carbocycles. The second-order valence-electron chi connectivity index (χ2n) is 4.37. The summed E-state index contributed by atoms with van der Waals surface area (Å²) >= 11 is 0. The molecule has 0 fully saturated rings. The zero-order valence-corrected chi connectivity index (χ0v) is 11.6. The van der Waals surface area contributed by atoms with Gasteiger partial charge in [0.05, 0.1) is 6.61 Å². The molecule has 4 nitrogen and oxygen atoms in total. The van der Waals surface area contributed by atoms with Gasteiger partial charge in [0.25, 0.3) is 0 Å². The predicted octanol–water partition coefficient (Wildman–Crippen LogP) is 2.07. The standard InChI is InChI=1S/C14H24N2O2/c1-12-5-6-13(15)11-14(12)16(8-10-18-3)7-4-9-17-2/h5-6,11H,4,7-10,15H2,1-3H3. The molecule has 0 spiro atoms. The maximum atomic E-state index is 5.87. The van der Waals surface area contributed by atoms with Gasteiger partial charge >= 0.3 is 0 Å². The summed E-state index contributed by atoms with van der Waals surface area (Å²) in [6.07, 6.45) is 0.994. The van der Waals surface area contributed by atoms with Crippen molar-refractivity contribution in [3.8, 4) is 0 Å². The number of benzene rings is 1. The number of ether oxygens (including phenoxy) is 2. The van der Waals surface area contributed by atoms with Gasteiger partial charge in [-0.15, -0.1) is 0 Å². The van der Waals surface area contributed by atoms with E-state index in [2.05, 4.69) is 17.9 Å². The van der Waals surface area contributed by atoms with Crippen LogP contribution in [0.1, 0.15) is 12.0 Å². The number of nitrogens with zero attached hydrogens (tertiary/aromatic N) is 1. The van der Waals surface area contributed by atoms with Crippen molar-refractivity contribution in [1.29, 1.82) is 0 Å². The van der Waals surface area contributed by atoms with E-state index in [1.54, 1.807) is 14.2 Å². The summed E-state index contributed by atoms with van der Waals surface area (Å²) in [6.45, 7) is 5.39. The minimum Gasteiger partial charge on any atom is -0.399 e. The lowest BCUT2D eigenvalue weighted by molar-refractivity contribution is 0.191. The monoisotopic (exact) mass is 252 g/mol. The molecule has 0 aromatic heterocycles. The molecule has 0 aliphatic heterocycles. The Morgan fingerprint density at radius 1 is 1.11 bits per heavy atom. The van der Waals surface area contributed by atoms with E-state index in [0.29, 0.717) is 6.61 Å². The SMILES string of the molecule is COCCCN(CCOC)c1cc(N)ccc1C. The molecule has 4 heteroatoms. The number of hydrogen-bond acceptors (Lipinski definition) is 4. The van der Waals surface area contributed by atoms with Gasteiger partial charge < -0.3 is 20.1 Å². The van der Waals surface area contributed by atoms with Gasteiger partial charge in [-0.05, 0) is 31.0 Å². The van der Waals surface area contributed by atoms with Crippen LogP contribution < -0.4 is 10.6 Å². The highest BCUT2D eigenvalue weighted by atomic mass is 16.5. The molecule has 1 rings (SSSR count). The Hall–Kier alpha value is -1.26. The van der Waals surface area contributed by atoms with Gasteiger partial charge in [0.1, 0.15) is 0 Å². The second-order valence-corrected chi connectivity index (χ2v) is 4.37. The minimum absolute atomic E-state index is 0.710. The number of nitrogens with two attached hydrogens (primary N) is 1. The van der Waals surface area contributed by atoms with E-state index in [1.807, 2.05) is 12.1 Å². The summed E-state index contributed by atoms with van der Waals surface area (Å²) in [7, 11) is 3.45. The van der Waals surface area contributed by atoms with Crippen LogP contribution in [0.3, 0.4) is 0 Å². The van der Waals surface area contributed by atoms with Gasteiger partial charge in [-0.1, -0.05) is 6.07 Å². The van der Waals surface area contributed by atoms with Crippen molar-refractivity contribution in [3.05, 3.63) is 23.8 Å². The Balaban J connectivity index is 2.75. The minimum atomic E-state index is 0.710.